The number of anilines is 2. The maximum absolute atomic E-state index is 12.5. The SMILES string of the molecule is Cc1ccc(S(=O)(=O)Nc2ncc(C(F)(F)F)cc2N)cc1. The third kappa shape index (κ3) is 3.48. The Labute approximate surface area is 125 Å². The van der Waals surface area contributed by atoms with Crippen LogP contribution in [0.3, 0.4) is 0 Å². The number of halogens is 3. The van der Waals surface area contributed by atoms with Crippen molar-refractivity contribution in [2.45, 2.75) is 18.0 Å². The first-order chi connectivity index (χ1) is 10.1. The average Bonchev–Trinajstić information content (AvgIpc) is 2.40. The Morgan fingerprint density at radius 3 is 2.27 bits per heavy atom. The highest BCUT2D eigenvalue weighted by Crippen LogP contribution is 2.32. The molecular formula is C13H12F3N3O2S. The summed E-state index contributed by atoms with van der Waals surface area (Å²) in [5.74, 6) is -0.353. The molecule has 0 unspecified atom stereocenters. The molecule has 0 saturated carbocycles. The van der Waals surface area contributed by atoms with Crippen molar-refractivity contribution < 1.29 is 21.6 Å². The van der Waals surface area contributed by atoms with Crippen LogP contribution in [-0.2, 0) is 16.2 Å². The molecule has 0 saturated heterocycles. The summed E-state index contributed by atoms with van der Waals surface area (Å²) in [6.45, 7) is 1.79. The molecule has 2 rings (SSSR count). The Balaban J connectivity index is 2.32. The number of nitrogen functional groups attached to an aromatic ring is 1. The lowest BCUT2D eigenvalue weighted by Gasteiger charge is -2.12. The summed E-state index contributed by atoms with van der Waals surface area (Å²) >= 11 is 0. The first-order valence-electron chi connectivity index (χ1n) is 6.02. The molecule has 2 aromatic rings. The zero-order valence-corrected chi connectivity index (χ0v) is 12.2. The van der Waals surface area contributed by atoms with Gasteiger partial charge in [0, 0.05) is 6.20 Å². The minimum Gasteiger partial charge on any atom is -0.396 e. The number of nitrogens with zero attached hydrogens (tertiary/aromatic N) is 1. The molecule has 5 nitrogen and oxygen atoms in total. The monoisotopic (exact) mass is 331 g/mol. The van der Waals surface area contributed by atoms with Gasteiger partial charge in [-0.15, -0.1) is 0 Å². The van der Waals surface area contributed by atoms with Gasteiger partial charge in [0.15, 0.2) is 5.82 Å². The van der Waals surface area contributed by atoms with Crippen molar-refractivity contribution in [1.29, 1.82) is 0 Å². The molecule has 0 bridgehead atoms. The van der Waals surface area contributed by atoms with Crippen molar-refractivity contribution in [1.82, 2.24) is 4.98 Å². The van der Waals surface area contributed by atoms with E-state index in [1.807, 2.05) is 0 Å². The molecule has 1 aromatic heterocycles. The molecule has 0 atom stereocenters. The molecule has 3 N–H and O–H groups in total. The van der Waals surface area contributed by atoms with Gasteiger partial charge in [-0.05, 0) is 25.1 Å². The van der Waals surface area contributed by atoms with Gasteiger partial charge in [0.2, 0.25) is 0 Å². The van der Waals surface area contributed by atoms with Crippen LogP contribution in [0.25, 0.3) is 0 Å². The molecule has 0 amide bonds. The smallest absolute Gasteiger partial charge is 0.396 e. The average molecular weight is 331 g/mol. The topological polar surface area (TPSA) is 85.1 Å². The van der Waals surface area contributed by atoms with Crippen LogP contribution in [0.5, 0.6) is 0 Å². The molecule has 22 heavy (non-hydrogen) atoms. The van der Waals surface area contributed by atoms with E-state index in [0.717, 1.165) is 5.56 Å². The third-order valence-corrected chi connectivity index (χ3v) is 4.16. The van der Waals surface area contributed by atoms with Crippen LogP contribution >= 0.6 is 0 Å². The van der Waals surface area contributed by atoms with Gasteiger partial charge in [-0.1, -0.05) is 17.7 Å². The lowest BCUT2D eigenvalue weighted by Crippen LogP contribution is -2.16. The van der Waals surface area contributed by atoms with E-state index in [4.69, 9.17) is 5.73 Å². The quantitative estimate of drug-likeness (QED) is 0.906. The molecule has 0 fully saturated rings. The summed E-state index contributed by atoms with van der Waals surface area (Å²) in [5.41, 5.74) is 4.84. The number of nitrogens with one attached hydrogen (secondary N) is 1. The van der Waals surface area contributed by atoms with Gasteiger partial charge >= 0.3 is 6.18 Å². The van der Waals surface area contributed by atoms with Crippen LogP contribution in [0.4, 0.5) is 24.7 Å². The summed E-state index contributed by atoms with van der Waals surface area (Å²) in [6.07, 6.45) is -4.08. The predicted octanol–water partition coefficient (Wildman–Crippen LogP) is 2.79. The second-order valence-electron chi connectivity index (χ2n) is 4.58. The van der Waals surface area contributed by atoms with Crippen LogP contribution in [0.2, 0.25) is 0 Å². The van der Waals surface area contributed by atoms with Gasteiger partial charge in [0.25, 0.3) is 10.0 Å². The summed E-state index contributed by atoms with van der Waals surface area (Å²) in [7, 11) is -3.97. The number of sulfonamides is 1. The van der Waals surface area contributed by atoms with Crippen molar-refractivity contribution in [2.75, 3.05) is 10.5 Å². The van der Waals surface area contributed by atoms with Gasteiger partial charge in [0.05, 0.1) is 16.1 Å². The molecule has 9 heteroatoms. The molecule has 1 heterocycles. The fourth-order valence-electron chi connectivity index (χ4n) is 1.63. The molecule has 118 valence electrons. The van der Waals surface area contributed by atoms with Crippen molar-refractivity contribution >= 4 is 21.5 Å². The highest BCUT2D eigenvalue weighted by molar-refractivity contribution is 7.92. The Kier molecular flexibility index (Phi) is 4.01. The Bertz CT molecular complexity index is 787. The highest BCUT2D eigenvalue weighted by atomic mass is 32.2. The first-order valence-corrected chi connectivity index (χ1v) is 7.50. The number of benzene rings is 1. The second kappa shape index (κ2) is 5.48. The van der Waals surface area contributed by atoms with Crippen LogP contribution in [-0.4, -0.2) is 13.4 Å². The van der Waals surface area contributed by atoms with E-state index in [1.165, 1.54) is 12.1 Å². The van der Waals surface area contributed by atoms with E-state index in [9.17, 15) is 21.6 Å². The Hall–Kier alpha value is -2.29. The number of aryl methyl sites for hydroxylation is 1. The standard InChI is InChI=1S/C13H12F3N3O2S/c1-8-2-4-10(5-3-8)22(20,21)19-12-11(17)6-9(7-18-12)13(14,15)16/h2-7H,17H2,1H3,(H,18,19). The largest absolute Gasteiger partial charge is 0.417 e. The summed E-state index contributed by atoms with van der Waals surface area (Å²) in [5, 5.41) is 0. The summed E-state index contributed by atoms with van der Waals surface area (Å²) in [4.78, 5) is 3.40. The van der Waals surface area contributed by atoms with E-state index >= 15 is 0 Å². The Morgan fingerprint density at radius 1 is 1.18 bits per heavy atom. The zero-order chi connectivity index (χ0) is 16.5. The van der Waals surface area contributed by atoms with Crippen molar-refractivity contribution in [3.05, 3.63) is 47.7 Å². The fourth-order valence-corrected chi connectivity index (χ4v) is 2.66. The predicted molar refractivity (Wildman–Crippen MR) is 75.6 cm³/mol. The molecule has 0 aliphatic carbocycles. The third-order valence-electron chi connectivity index (χ3n) is 2.81. The molecule has 0 aliphatic rings. The van der Waals surface area contributed by atoms with E-state index in [1.54, 1.807) is 19.1 Å². The Morgan fingerprint density at radius 2 is 1.77 bits per heavy atom. The number of hydrogen-bond acceptors (Lipinski definition) is 4. The van der Waals surface area contributed by atoms with Crippen LogP contribution < -0.4 is 10.5 Å². The zero-order valence-electron chi connectivity index (χ0n) is 11.3. The fraction of sp³-hybridized carbons (Fsp3) is 0.154. The van der Waals surface area contributed by atoms with Crippen LogP contribution in [0.1, 0.15) is 11.1 Å². The normalized spacial score (nSPS) is 12.2. The lowest BCUT2D eigenvalue weighted by atomic mass is 10.2. The maximum Gasteiger partial charge on any atom is 0.417 e. The van der Waals surface area contributed by atoms with Gasteiger partial charge in [0.1, 0.15) is 0 Å². The van der Waals surface area contributed by atoms with Crippen LogP contribution in [0, 0.1) is 6.92 Å². The molecule has 0 radical (unpaired) electrons. The number of aromatic nitrogens is 1. The minimum absolute atomic E-state index is 0.0424. The minimum atomic E-state index is -4.60. The molecular weight excluding hydrogens is 319 g/mol. The maximum atomic E-state index is 12.5. The van der Waals surface area contributed by atoms with E-state index in [2.05, 4.69) is 9.71 Å². The van der Waals surface area contributed by atoms with E-state index < -0.39 is 27.5 Å². The van der Waals surface area contributed by atoms with Crippen LogP contribution in [0.15, 0.2) is 41.4 Å². The highest BCUT2D eigenvalue weighted by Gasteiger charge is 2.31. The second-order valence-corrected chi connectivity index (χ2v) is 6.26. The van der Waals surface area contributed by atoms with Gasteiger partial charge in [-0.2, -0.15) is 13.2 Å². The summed E-state index contributed by atoms with van der Waals surface area (Å²) < 4.78 is 63.8. The number of alkyl halides is 3. The molecule has 0 spiro atoms. The van der Waals surface area contributed by atoms with E-state index in [-0.39, 0.29) is 10.7 Å². The number of hydrogen-bond donors (Lipinski definition) is 2. The first kappa shape index (κ1) is 16.1. The van der Waals surface area contributed by atoms with Gasteiger partial charge in [-0.25, -0.2) is 13.4 Å². The summed E-state index contributed by atoms with van der Waals surface area (Å²) in [6, 6.07) is 6.56. The number of nitrogens with two attached hydrogens (primary N) is 1. The van der Waals surface area contributed by atoms with Crippen molar-refractivity contribution in [2.24, 2.45) is 0 Å². The van der Waals surface area contributed by atoms with Gasteiger partial charge in [-0.3, -0.25) is 4.72 Å². The van der Waals surface area contributed by atoms with Crippen molar-refractivity contribution in [3.63, 3.8) is 0 Å². The van der Waals surface area contributed by atoms with Crippen molar-refractivity contribution in [3.8, 4) is 0 Å². The number of pyridine rings is 1. The lowest BCUT2D eigenvalue weighted by molar-refractivity contribution is -0.137. The molecule has 1 aromatic carbocycles. The van der Waals surface area contributed by atoms with Gasteiger partial charge < -0.3 is 5.73 Å². The number of rotatable bonds is 3. The van der Waals surface area contributed by atoms with E-state index in [0.29, 0.717) is 12.3 Å². The molecule has 0 aliphatic heterocycles.